The number of nitrogens with zero attached hydrogens (tertiary/aromatic N) is 2. The first-order valence-corrected chi connectivity index (χ1v) is 18.1. The van der Waals surface area contributed by atoms with E-state index in [-0.39, 0.29) is 18.1 Å². The fraction of sp³-hybridized carbons (Fsp3) is 0.139. The molecule has 4 aromatic carbocycles. The number of halogens is 3. The topological polar surface area (TPSA) is 81.9 Å². The molecule has 0 spiro atoms. The van der Waals surface area contributed by atoms with Gasteiger partial charge in [0.25, 0.3) is 11.5 Å². The Morgan fingerprint density at radius 1 is 1.02 bits per heavy atom. The maximum Gasteiger partial charge on any atom is 0.271 e. The van der Waals surface area contributed by atoms with Crippen LogP contribution >= 0.6 is 68.1 Å². The lowest BCUT2D eigenvalue weighted by atomic mass is 9.95. The van der Waals surface area contributed by atoms with Crippen molar-refractivity contribution in [1.29, 1.82) is 0 Å². The largest absolute Gasteiger partial charge is 0.494 e. The smallest absolute Gasteiger partial charge is 0.271 e. The average molecular weight is 888 g/mol. The van der Waals surface area contributed by atoms with E-state index in [1.54, 1.807) is 11.5 Å². The normalized spacial score (nSPS) is 14.4. The van der Waals surface area contributed by atoms with Gasteiger partial charge in [0.1, 0.15) is 18.1 Å². The van der Waals surface area contributed by atoms with Crippen LogP contribution in [0.4, 0.5) is 5.69 Å². The van der Waals surface area contributed by atoms with Crippen LogP contribution in [0.3, 0.4) is 0 Å². The lowest BCUT2D eigenvalue weighted by Gasteiger charge is -2.25. The minimum Gasteiger partial charge on any atom is -0.494 e. The molecule has 0 fully saturated rings. The van der Waals surface area contributed by atoms with E-state index in [1.165, 1.54) is 11.3 Å². The van der Waals surface area contributed by atoms with E-state index in [1.807, 2.05) is 104 Å². The van der Waals surface area contributed by atoms with Crippen molar-refractivity contribution >= 4 is 85.8 Å². The van der Waals surface area contributed by atoms with Crippen LogP contribution in [0.2, 0.25) is 5.02 Å². The molecular weight excluding hydrogens is 860 g/mol. The highest BCUT2D eigenvalue weighted by Crippen LogP contribution is 2.33. The molecule has 11 heteroatoms. The number of amides is 1. The molecular formula is C36H28ClI2N3O4S. The number of nitrogens with one attached hydrogen (secondary N) is 1. The lowest BCUT2D eigenvalue weighted by molar-refractivity contribution is -0.113. The summed E-state index contributed by atoms with van der Waals surface area (Å²) in [7, 11) is 0. The van der Waals surface area contributed by atoms with Gasteiger partial charge in [0, 0.05) is 25.4 Å². The van der Waals surface area contributed by atoms with Crippen molar-refractivity contribution in [1.82, 2.24) is 4.57 Å². The maximum absolute atomic E-state index is 14.4. The number of rotatable bonds is 9. The van der Waals surface area contributed by atoms with Gasteiger partial charge in [0.05, 0.1) is 32.0 Å². The van der Waals surface area contributed by atoms with E-state index in [4.69, 9.17) is 26.1 Å². The molecule has 0 bridgehead atoms. The van der Waals surface area contributed by atoms with Crippen LogP contribution < -0.4 is 29.7 Å². The highest BCUT2D eigenvalue weighted by atomic mass is 127. The average Bonchev–Trinajstić information content (AvgIpc) is 3.35. The Balaban J connectivity index is 1.46. The Morgan fingerprint density at radius 2 is 1.74 bits per heavy atom. The van der Waals surface area contributed by atoms with E-state index in [0.29, 0.717) is 49.4 Å². The van der Waals surface area contributed by atoms with Crippen LogP contribution in [0, 0.1) is 7.14 Å². The first-order chi connectivity index (χ1) is 22.7. The van der Waals surface area contributed by atoms with Gasteiger partial charge in [-0.15, -0.1) is 0 Å². The summed E-state index contributed by atoms with van der Waals surface area (Å²) in [5.74, 6) is 1.03. The van der Waals surface area contributed by atoms with Gasteiger partial charge >= 0.3 is 0 Å². The van der Waals surface area contributed by atoms with Gasteiger partial charge in [0.15, 0.2) is 4.80 Å². The van der Waals surface area contributed by atoms with Crippen molar-refractivity contribution in [2.45, 2.75) is 26.5 Å². The molecule has 1 amide bonds. The van der Waals surface area contributed by atoms with Gasteiger partial charge < -0.3 is 14.8 Å². The molecule has 0 radical (unpaired) electrons. The molecule has 1 atom stereocenters. The monoisotopic (exact) mass is 887 g/mol. The molecule has 0 saturated carbocycles. The number of hydrogen-bond acceptors (Lipinski definition) is 6. The van der Waals surface area contributed by atoms with Gasteiger partial charge in [-0.2, -0.15) is 0 Å². The summed E-state index contributed by atoms with van der Waals surface area (Å²) in [5.41, 5.74) is 3.72. The first kappa shape index (κ1) is 33.4. The number of carbonyl (C=O) groups is 1. The molecule has 1 aliphatic heterocycles. The summed E-state index contributed by atoms with van der Waals surface area (Å²) in [6.07, 6.45) is 1.84. The molecule has 7 nitrogen and oxygen atoms in total. The Morgan fingerprint density at radius 3 is 2.47 bits per heavy atom. The zero-order valence-corrected chi connectivity index (χ0v) is 31.2. The molecule has 0 saturated heterocycles. The number of carbonyl (C=O) groups excluding carboxylic acids is 1. The number of aromatic nitrogens is 1. The van der Waals surface area contributed by atoms with Crippen LogP contribution in [0.25, 0.3) is 6.08 Å². The quantitative estimate of drug-likeness (QED) is 0.154. The minimum absolute atomic E-state index is 0.254. The third-order valence-corrected chi connectivity index (χ3v) is 10.2. The molecule has 1 N–H and O–H groups in total. The van der Waals surface area contributed by atoms with Gasteiger partial charge in [0.2, 0.25) is 0 Å². The fourth-order valence-corrected chi connectivity index (χ4v) is 8.58. The number of fused-ring (bicyclic) bond motifs is 1. The molecule has 0 unspecified atom stereocenters. The van der Waals surface area contributed by atoms with Crippen LogP contribution in [-0.4, -0.2) is 17.1 Å². The lowest BCUT2D eigenvalue weighted by Crippen LogP contribution is -2.40. The number of para-hydroxylation sites is 1. The Hall–Kier alpha value is -3.46. The predicted octanol–water partition coefficient (Wildman–Crippen LogP) is 7.71. The molecule has 238 valence electrons. The van der Waals surface area contributed by atoms with E-state index in [0.717, 1.165) is 23.8 Å². The molecule has 0 aliphatic carbocycles. The van der Waals surface area contributed by atoms with Gasteiger partial charge in [-0.1, -0.05) is 71.5 Å². The van der Waals surface area contributed by atoms with E-state index >= 15 is 0 Å². The summed E-state index contributed by atoms with van der Waals surface area (Å²) in [6, 6.07) is 27.6. The van der Waals surface area contributed by atoms with E-state index in [2.05, 4.69) is 50.5 Å². The zero-order chi connectivity index (χ0) is 33.1. The van der Waals surface area contributed by atoms with E-state index in [9.17, 15) is 9.59 Å². The second-order valence-corrected chi connectivity index (χ2v) is 14.4. The SMILES string of the molecule is CCOc1ccc([C@H]2C(C(=O)Nc3ccccc3)=C(C)N=c3s/c(=C\c4cc(I)cc(I)c4OCc4ccccc4Cl)c(=O)n32)cc1. The predicted molar refractivity (Wildman–Crippen MR) is 204 cm³/mol. The molecule has 1 aliphatic rings. The van der Waals surface area contributed by atoms with Crippen LogP contribution in [0.15, 0.2) is 112 Å². The Kier molecular flexibility index (Phi) is 10.5. The number of anilines is 1. The second kappa shape index (κ2) is 14.8. The maximum atomic E-state index is 14.4. The van der Waals surface area contributed by atoms with Crippen molar-refractivity contribution in [3.63, 3.8) is 0 Å². The minimum atomic E-state index is -0.709. The van der Waals surface area contributed by atoms with Crippen molar-refractivity contribution in [3.05, 3.63) is 151 Å². The Labute approximate surface area is 307 Å². The van der Waals surface area contributed by atoms with Gasteiger partial charge in [-0.25, -0.2) is 4.99 Å². The van der Waals surface area contributed by atoms with E-state index < -0.39 is 6.04 Å². The molecule has 5 aromatic rings. The summed E-state index contributed by atoms with van der Waals surface area (Å²) >= 11 is 12.2. The molecule has 6 rings (SSSR count). The number of thiazole rings is 1. The number of ether oxygens (including phenoxy) is 2. The van der Waals surface area contributed by atoms with Crippen LogP contribution in [0.5, 0.6) is 11.5 Å². The van der Waals surface area contributed by atoms with Crippen LogP contribution in [-0.2, 0) is 11.4 Å². The number of allylic oxidation sites excluding steroid dienone is 1. The summed E-state index contributed by atoms with van der Waals surface area (Å²) in [5, 5.41) is 3.62. The molecule has 2 heterocycles. The fourth-order valence-electron chi connectivity index (χ4n) is 5.31. The third-order valence-electron chi connectivity index (χ3n) is 7.46. The van der Waals surface area contributed by atoms with Crippen molar-refractivity contribution in [2.24, 2.45) is 4.99 Å². The third kappa shape index (κ3) is 7.35. The number of hydrogen-bond donors (Lipinski definition) is 1. The first-order valence-electron chi connectivity index (χ1n) is 14.7. The summed E-state index contributed by atoms with van der Waals surface area (Å²) < 4.78 is 16.0. The Bertz CT molecular complexity index is 2180. The number of benzene rings is 4. The van der Waals surface area contributed by atoms with Crippen molar-refractivity contribution in [3.8, 4) is 11.5 Å². The summed E-state index contributed by atoms with van der Waals surface area (Å²) in [6.45, 7) is 4.53. The van der Waals surface area contributed by atoms with Gasteiger partial charge in [-0.3, -0.25) is 14.2 Å². The van der Waals surface area contributed by atoms with Gasteiger partial charge in [-0.05, 0) is 113 Å². The highest BCUT2D eigenvalue weighted by Gasteiger charge is 2.32. The second-order valence-electron chi connectivity index (χ2n) is 10.6. The zero-order valence-electron chi connectivity index (χ0n) is 25.3. The standard InChI is InChI=1S/C36H28ClI2N3O4S/c1-3-45-27-15-13-22(14-16-27)32-31(34(43)41-26-10-5-4-6-11-26)21(2)40-36-42(32)35(44)30(47-36)18-24-17-25(38)19-29(39)33(24)46-20-23-9-7-8-12-28(23)37/h4-19,32H,3,20H2,1-2H3,(H,41,43)/b30-18-/t32-/m0/s1. The molecule has 1 aromatic heterocycles. The van der Waals surface area contributed by atoms with Crippen LogP contribution in [0.1, 0.15) is 36.6 Å². The van der Waals surface area contributed by atoms with Crippen molar-refractivity contribution < 1.29 is 14.3 Å². The summed E-state index contributed by atoms with van der Waals surface area (Å²) in [4.78, 5) is 33.5. The molecule has 47 heavy (non-hydrogen) atoms. The van der Waals surface area contributed by atoms with Crippen molar-refractivity contribution in [2.75, 3.05) is 11.9 Å². The highest BCUT2D eigenvalue weighted by molar-refractivity contribution is 14.1.